The number of fused-ring (bicyclic) bond motifs is 2. The molecule has 0 bridgehead atoms. The fourth-order valence-electron chi connectivity index (χ4n) is 5.50. The topological polar surface area (TPSA) is 89.5 Å². The molecule has 2 amide bonds. The number of phenolic OH excluding ortho intramolecular Hbond substituents is 1. The van der Waals surface area contributed by atoms with E-state index < -0.39 is 11.9 Å². The molecule has 0 saturated carbocycles. The van der Waals surface area contributed by atoms with E-state index in [-0.39, 0.29) is 70.4 Å². The zero-order valence-corrected chi connectivity index (χ0v) is 22.4. The third kappa shape index (κ3) is 4.25. The van der Waals surface area contributed by atoms with Gasteiger partial charge in [-0.25, -0.2) is 9.37 Å². The first-order chi connectivity index (χ1) is 18.1. The molecule has 4 heterocycles. The molecule has 38 heavy (non-hydrogen) atoms. The number of hydrogen-bond donors (Lipinski definition) is 1. The van der Waals surface area contributed by atoms with Crippen LogP contribution in [0.5, 0.6) is 11.5 Å². The van der Waals surface area contributed by atoms with Gasteiger partial charge in [-0.05, 0) is 39.1 Å². The van der Waals surface area contributed by atoms with E-state index in [4.69, 9.17) is 21.3 Å². The lowest BCUT2D eigenvalue weighted by atomic mass is 10.0. The van der Waals surface area contributed by atoms with Gasteiger partial charge in [0.15, 0.2) is 5.75 Å². The number of halogens is 2. The summed E-state index contributed by atoms with van der Waals surface area (Å²) in [5, 5.41) is 10.5. The van der Waals surface area contributed by atoms with Crippen molar-refractivity contribution in [3.05, 3.63) is 47.3 Å². The lowest BCUT2D eigenvalue weighted by molar-refractivity contribution is -0.128. The highest BCUT2D eigenvalue weighted by Crippen LogP contribution is 2.46. The number of carbonyl (C=O) groups is 2. The molecular weight excluding hydrogens is 513 g/mol. The Morgan fingerprint density at radius 3 is 2.63 bits per heavy atom. The van der Waals surface area contributed by atoms with Crippen LogP contribution in [0.25, 0.3) is 11.3 Å². The highest BCUT2D eigenvalue weighted by atomic mass is 35.5. The van der Waals surface area contributed by atoms with Crippen LogP contribution in [-0.2, 0) is 4.79 Å². The molecule has 2 aromatic rings. The van der Waals surface area contributed by atoms with Crippen LogP contribution in [0.15, 0.2) is 30.9 Å². The van der Waals surface area contributed by atoms with E-state index in [0.29, 0.717) is 25.5 Å². The van der Waals surface area contributed by atoms with Crippen molar-refractivity contribution in [3.8, 4) is 22.8 Å². The summed E-state index contributed by atoms with van der Waals surface area (Å²) in [5.41, 5.74) is 0.0623. The molecule has 0 aliphatic carbocycles. The number of ether oxygens (including phenoxy) is 1. The summed E-state index contributed by atoms with van der Waals surface area (Å²) in [5.74, 6) is -1.08. The normalized spacial score (nSPS) is 23.9. The van der Waals surface area contributed by atoms with E-state index in [2.05, 4.69) is 18.4 Å². The average molecular weight is 544 g/mol. The molecule has 5 rings (SSSR count). The molecule has 3 atom stereocenters. The van der Waals surface area contributed by atoms with Gasteiger partial charge in [-0.2, -0.15) is 0 Å². The minimum absolute atomic E-state index is 0.00549. The Morgan fingerprint density at radius 2 is 1.92 bits per heavy atom. The molecule has 1 aromatic carbocycles. The number of likely N-dealkylation sites (N-methyl/N-ethyl adjacent to an activating group) is 1. The smallest absolute Gasteiger partial charge is 0.261 e. The number of pyridine rings is 1. The van der Waals surface area contributed by atoms with Crippen LogP contribution in [0, 0.1) is 5.82 Å². The quantitative estimate of drug-likeness (QED) is 0.595. The Bertz CT molecular complexity index is 1290. The van der Waals surface area contributed by atoms with Crippen LogP contribution in [-0.4, -0.2) is 101 Å². The number of hydrogen-bond acceptors (Lipinski definition) is 7. The van der Waals surface area contributed by atoms with Crippen LogP contribution in [0.1, 0.15) is 24.2 Å². The van der Waals surface area contributed by atoms with Crippen molar-refractivity contribution in [1.82, 2.24) is 19.7 Å². The lowest BCUT2D eigenvalue weighted by Crippen LogP contribution is -2.58. The zero-order chi connectivity index (χ0) is 27.3. The maximum atomic E-state index is 15.0. The Kier molecular flexibility index (Phi) is 6.96. The van der Waals surface area contributed by atoms with Gasteiger partial charge < -0.3 is 24.5 Å². The summed E-state index contributed by atoms with van der Waals surface area (Å²) in [4.78, 5) is 38.7. The highest BCUT2D eigenvalue weighted by molar-refractivity contribution is 6.35. The Morgan fingerprint density at radius 1 is 1.18 bits per heavy atom. The average Bonchev–Trinajstić information content (AvgIpc) is 3.05. The van der Waals surface area contributed by atoms with Crippen molar-refractivity contribution >= 4 is 29.2 Å². The second-order valence-electron chi connectivity index (χ2n) is 10.0. The van der Waals surface area contributed by atoms with Crippen molar-refractivity contribution in [3.63, 3.8) is 0 Å². The molecule has 9 nitrogen and oxygen atoms in total. The fraction of sp³-hybridized carbons (Fsp3) is 0.444. The zero-order valence-electron chi connectivity index (χ0n) is 21.7. The van der Waals surface area contributed by atoms with Crippen LogP contribution >= 0.6 is 11.6 Å². The van der Waals surface area contributed by atoms with Gasteiger partial charge in [-0.15, -0.1) is 0 Å². The lowest BCUT2D eigenvalue weighted by Gasteiger charge is -2.45. The SMILES string of the molecule is C=CC(=O)N1CCN2C(=O)c3c(N4CCN(C)[C@@H](C)[C@H]4C)nc(-c4c(O)cccc4F)c(Cl)c3OC[C@H]2C1. The van der Waals surface area contributed by atoms with Gasteiger partial charge in [-0.3, -0.25) is 14.5 Å². The Balaban J connectivity index is 1.68. The van der Waals surface area contributed by atoms with Crippen LogP contribution in [0.4, 0.5) is 10.2 Å². The Hall–Kier alpha value is -3.37. The predicted octanol–water partition coefficient (Wildman–Crippen LogP) is 3.01. The number of piperazine rings is 2. The van der Waals surface area contributed by atoms with Crippen molar-refractivity contribution in [2.45, 2.75) is 32.0 Å². The van der Waals surface area contributed by atoms with Gasteiger partial charge in [0.2, 0.25) is 5.91 Å². The van der Waals surface area contributed by atoms with E-state index in [1.165, 1.54) is 24.3 Å². The summed E-state index contributed by atoms with van der Waals surface area (Å²) in [6, 6.07) is 3.67. The second-order valence-corrected chi connectivity index (χ2v) is 10.4. The number of aromatic hydroxyl groups is 1. The van der Waals surface area contributed by atoms with Gasteiger partial charge in [0.25, 0.3) is 5.91 Å². The summed E-state index contributed by atoms with van der Waals surface area (Å²) in [6.45, 7) is 10.1. The van der Waals surface area contributed by atoms with Crippen LogP contribution < -0.4 is 9.64 Å². The predicted molar refractivity (Wildman–Crippen MR) is 142 cm³/mol. The number of nitrogens with zero attached hydrogens (tertiary/aromatic N) is 5. The molecule has 11 heteroatoms. The van der Waals surface area contributed by atoms with Gasteiger partial charge in [-0.1, -0.05) is 24.2 Å². The van der Waals surface area contributed by atoms with Crippen molar-refractivity contribution < 1.29 is 23.8 Å². The summed E-state index contributed by atoms with van der Waals surface area (Å²) < 4.78 is 21.2. The third-order valence-corrected chi connectivity index (χ3v) is 8.37. The number of aromatic nitrogens is 1. The largest absolute Gasteiger partial charge is 0.507 e. The number of anilines is 1. The highest BCUT2D eigenvalue weighted by Gasteiger charge is 2.42. The van der Waals surface area contributed by atoms with E-state index in [1.54, 1.807) is 9.80 Å². The van der Waals surface area contributed by atoms with E-state index in [9.17, 15) is 14.7 Å². The monoisotopic (exact) mass is 543 g/mol. The molecule has 1 N–H and O–H groups in total. The van der Waals surface area contributed by atoms with E-state index >= 15 is 4.39 Å². The number of benzene rings is 1. The van der Waals surface area contributed by atoms with Gasteiger partial charge in [0.1, 0.15) is 40.3 Å². The summed E-state index contributed by atoms with van der Waals surface area (Å²) >= 11 is 6.80. The third-order valence-electron chi connectivity index (χ3n) is 8.02. The maximum absolute atomic E-state index is 15.0. The van der Waals surface area contributed by atoms with Crippen molar-refractivity contribution in [2.75, 3.05) is 51.3 Å². The number of rotatable bonds is 3. The minimum Gasteiger partial charge on any atom is -0.507 e. The van der Waals surface area contributed by atoms with Gasteiger partial charge in [0, 0.05) is 44.8 Å². The first-order valence-corrected chi connectivity index (χ1v) is 13.0. The first-order valence-electron chi connectivity index (χ1n) is 12.7. The molecule has 3 aliphatic heterocycles. The van der Waals surface area contributed by atoms with Gasteiger partial charge in [0.05, 0.1) is 11.6 Å². The second kappa shape index (κ2) is 10.1. The fourth-order valence-corrected chi connectivity index (χ4v) is 5.78. The first kappa shape index (κ1) is 26.2. The molecule has 3 aliphatic rings. The molecule has 0 unspecified atom stereocenters. The van der Waals surface area contributed by atoms with Crippen LogP contribution in [0.2, 0.25) is 5.02 Å². The maximum Gasteiger partial charge on any atom is 0.261 e. The standard InChI is InChI=1S/C27H31ClFN5O4/c1-5-20(36)32-10-12-34-17(13-32)14-38-25-22(27(34)37)26(33-11-9-31(4)15(2)16(33)3)30-24(23(25)28)21-18(29)7-6-8-19(21)35/h5-8,15-17,35H,1,9-14H2,2-4H3/t15-,16+,17+/m0/s1. The molecule has 0 spiro atoms. The minimum atomic E-state index is -0.693. The number of amides is 2. The van der Waals surface area contributed by atoms with Crippen molar-refractivity contribution in [1.29, 1.82) is 0 Å². The van der Waals surface area contributed by atoms with E-state index in [1.807, 2.05) is 18.9 Å². The van der Waals surface area contributed by atoms with Crippen molar-refractivity contribution in [2.24, 2.45) is 0 Å². The molecule has 2 saturated heterocycles. The molecule has 202 valence electrons. The molecule has 2 fully saturated rings. The van der Waals surface area contributed by atoms with Gasteiger partial charge >= 0.3 is 0 Å². The molecular formula is C27H31ClFN5O4. The summed E-state index contributed by atoms with van der Waals surface area (Å²) in [6.07, 6.45) is 1.26. The van der Waals surface area contributed by atoms with E-state index in [0.717, 1.165) is 6.54 Å². The number of carbonyl (C=O) groups excluding carboxylic acids is 2. The Labute approximate surface area is 226 Å². The number of phenols is 1. The molecule has 1 aromatic heterocycles. The summed E-state index contributed by atoms with van der Waals surface area (Å²) in [7, 11) is 2.04. The molecule has 0 radical (unpaired) electrons. The van der Waals surface area contributed by atoms with Crippen LogP contribution in [0.3, 0.4) is 0 Å².